The first kappa shape index (κ1) is 55.9. The Morgan fingerprint density at radius 2 is 0.984 bits per heavy atom. The number of nitrogens with one attached hydrogen (secondary N) is 1. The van der Waals surface area contributed by atoms with Crippen LogP contribution in [0.5, 0.6) is 0 Å². The Bertz CT molecular complexity index is 1230. The summed E-state index contributed by atoms with van der Waals surface area (Å²) in [6.07, 6.45) is -3.76. The van der Waals surface area contributed by atoms with Crippen LogP contribution in [-0.2, 0) is 33.2 Å². The smallest absolute Gasteiger partial charge is 0.220 e. The van der Waals surface area contributed by atoms with Crippen molar-refractivity contribution >= 4 is 5.91 Å². The lowest BCUT2D eigenvalue weighted by molar-refractivity contribution is -0.379. The van der Waals surface area contributed by atoms with Crippen molar-refractivity contribution < 1.29 is 89.4 Å². The summed E-state index contributed by atoms with van der Waals surface area (Å²) in [5.74, 6) is -0.303. The fourth-order valence-electron chi connectivity index (χ4n) is 8.07. The van der Waals surface area contributed by atoms with Crippen molar-refractivity contribution in [3.05, 3.63) is 12.2 Å². The van der Waals surface area contributed by atoms with Gasteiger partial charge in [0, 0.05) is 6.42 Å². The Hall–Kier alpha value is -1.47. The van der Waals surface area contributed by atoms with Gasteiger partial charge in [-0.2, -0.15) is 0 Å². The molecule has 63 heavy (non-hydrogen) atoms. The van der Waals surface area contributed by atoms with Gasteiger partial charge in [-0.15, -0.1) is 0 Å². The lowest BCUT2D eigenvalue weighted by Crippen LogP contribution is -2.66. The monoisotopic (exact) mass is 912 g/mol. The average Bonchev–Trinajstić information content (AvgIpc) is 3.28. The van der Waals surface area contributed by atoms with Gasteiger partial charge in [-0.05, 0) is 19.3 Å². The molecule has 3 rings (SSSR count). The molecule has 0 radical (unpaired) electrons. The molecule has 3 heterocycles. The van der Waals surface area contributed by atoms with E-state index in [9.17, 15) is 61.0 Å². The highest BCUT2D eigenvalue weighted by atomic mass is 16.8. The zero-order valence-electron chi connectivity index (χ0n) is 37.3. The van der Waals surface area contributed by atoms with E-state index in [4.69, 9.17) is 28.4 Å². The number of allylic oxidation sites excluding steroid dienone is 1. The topological polar surface area (TPSA) is 307 Å². The number of hydrogen-bond acceptors (Lipinski definition) is 18. The molecule has 0 aromatic carbocycles. The number of rotatable bonds is 31. The zero-order chi connectivity index (χ0) is 46.3. The third kappa shape index (κ3) is 17.9. The summed E-state index contributed by atoms with van der Waals surface area (Å²) in [6, 6.07) is -0.961. The summed E-state index contributed by atoms with van der Waals surface area (Å²) in [5.41, 5.74) is 0. The van der Waals surface area contributed by atoms with Crippen LogP contribution in [0.2, 0.25) is 0 Å². The number of aliphatic hydroxyl groups is 11. The van der Waals surface area contributed by atoms with Gasteiger partial charge in [0.25, 0.3) is 0 Å². The van der Waals surface area contributed by atoms with Crippen molar-refractivity contribution in [3.63, 3.8) is 0 Å². The molecule has 12 N–H and O–H groups in total. The summed E-state index contributed by atoms with van der Waals surface area (Å²) < 4.78 is 33.9. The molecular formula is C44H81NO18. The first-order valence-electron chi connectivity index (χ1n) is 23.4. The van der Waals surface area contributed by atoms with Gasteiger partial charge in [0.2, 0.25) is 5.91 Å². The van der Waals surface area contributed by atoms with Crippen LogP contribution in [0.15, 0.2) is 12.2 Å². The largest absolute Gasteiger partial charge is 0.394 e. The van der Waals surface area contributed by atoms with E-state index in [1.54, 1.807) is 6.08 Å². The number of carbonyl (C=O) groups excluding carboxylic acids is 1. The zero-order valence-corrected chi connectivity index (χ0v) is 37.3. The van der Waals surface area contributed by atoms with Crippen molar-refractivity contribution in [2.75, 3.05) is 26.4 Å². The molecule has 0 aromatic rings. The summed E-state index contributed by atoms with van der Waals surface area (Å²) in [7, 11) is 0. The molecule has 3 fully saturated rings. The van der Waals surface area contributed by atoms with Gasteiger partial charge in [0.1, 0.15) is 73.2 Å². The van der Waals surface area contributed by atoms with Gasteiger partial charge in [-0.25, -0.2) is 0 Å². The standard InChI is InChI=1S/C44H81NO18/c1-3-5-7-8-9-10-11-12-13-14-15-16-17-18-20-21-28(49)27(45-32(50)22-19-6-4-2)26-58-42-38(56)35(53)40(30(24-47)60-42)63-44-39(57)36(54)41(31(25-48)61-44)62-43-37(55)34(52)33(51)29(23-46)59-43/h20-21,27-31,33-44,46-49,51-57H,3-19,22-26H2,1-2H3,(H,45,50)/b21-20+. The van der Waals surface area contributed by atoms with E-state index in [-0.39, 0.29) is 18.9 Å². The Labute approximate surface area is 372 Å². The quantitative estimate of drug-likeness (QED) is 0.0320. The maximum atomic E-state index is 12.8. The second kappa shape index (κ2) is 30.7. The molecule has 0 aliphatic carbocycles. The van der Waals surface area contributed by atoms with Crippen LogP contribution in [0.1, 0.15) is 129 Å². The summed E-state index contributed by atoms with van der Waals surface area (Å²) >= 11 is 0. The van der Waals surface area contributed by atoms with Crippen molar-refractivity contribution in [1.29, 1.82) is 0 Å². The SMILES string of the molecule is CCCCCCCCCCCCCCC/C=C/C(O)C(COC1OC(CO)C(OC2OC(CO)C(OC3OC(CO)C(O)C(O)C3O)C(O)C2O)C(O)C1O)NC(=O)CCCCC. The fraction of sp³-hybridized carbons (Fsp3) is 0.932. The Kier molecular flexibility index (Phi) is 27.3. The van der Waals surface area contributed by atoms with E-state index < -0.39 is 124 Å². The molecular weight excluding hydrogens is 830 g/mol. The Morgan fingerprint density at radius 3 is 1.49 bits per heavy atom. The summed E-state index contributed by atoms with van der Waals surface area (Å²) in [4.78, 5) is 12.8. The van der Waals surface area contributed by atoms with Crippen molar-refractivity contribution in [2.24, 2.45) is 0 Å². The number of hydrogen-bond donors (Lipinski definition) is 12. The van der Waals surface area contributed by atoms with Crippen LogP contribution >= 0.6 is 0 Å². The van der Waals surface area contributed by atoms with Gasteiger partial charge in [-0.3, -0.25) is 4.79 Å². The molecule has 17 atom stereocenters. The summed E-state index contributed by atoms with van der Waals surface area (Å²) in [5, 5.41) is 119. The van der Waals surface area contributed by atoms with E-state index >= 15 is 0 Å². The van der Waals surface area contributed by atoms with E-state index in [1.165, 1.54) is 64.2 Å². The predicted octanol–water partition coefficient (Wildman–Crippen LogP) is -0.0852. The molecule has 0 bridgehead atoms. The molecule has 0 spiro atoms. The van der Waals surface area contributed by atoms with Crippen LogP contribution in [0.25, 0.3) is 0 Å². The highest BCUT2D eigenvalue weighted by Gasteiger charge is 2.53. The molecule has 0 saturated carbocycles. The molecule has 370 valence electrons. The first-order chi connectivity index (χ1) is 30.3. The van der Waals surface area contributed by atoms with Gasteiger partial charge in [0.05, 0.1) is 38.6 Å². The van der Waals surface area contributed by atoms with Crippen LogP contribution in [0, 0.1) is 0 Å². The van der Waals surface area contributed by atoms with Gasteiger partial charge >= 0.3 is 0 Å². The number of aliphatic hydroxyl groups excluding tert-OH is 11. The number of carbonyl (C=O) groups is 1. The molecule has 0 aromatic heterocycles. The minimum atomic E-state index is -1.97. The number of ether oxygens (including phenoxy) is 6. The van der Waals surface area contributed by atoms with Crippen LogP contribution in [0.4, 0.5) is 0 Å². The van der Waals surface area contributed by atoms with Crippen LogP contribution in [-0.4, -0.2) is 193 Å². The predicted molar refractivity (Wildman–Crippen MR) is 227 cm³/mol. The van der Waals surface area contributed by atoms with Gasteiger partial charge in [-0.1, -0.05) is 116 Å². The highest BCUT2D eigenvalue weighted by Crippen LogP contribution is 2.33. The Balaban J connectivity index is 1.54. The minimum Gasteiger partial charge on any atom is -0.394 e. The molecule has 19 heteroatoms. The molecule has 19 nitrogen and oxygen atoms in total. The normalized spacial score (nSPS) is 34.9. The van der Waals surface area contributed by atoms with Gasteiger partial charge < -0.3 is 89.9 Å². The summed E-state index contributed by atoms with van der Waals surface area (Å²) in [6.45, 7) is 1.48. The maximum Gasteiger partial charge on any atom is 0.220 e. The Morgan fingerprint density at radius 1 is 0.556 bits per heavy atom. The number of unbranched alkanes of at least 4 members (excludes halogenated alkanes) is 15. The maximum absolute atomic E-state index is 12.8. The van der Waals surface area contributed by atoms with E-state index in [2.05, 4.69) is 12.2 Å². The lowest BCUT2D eigenvalue weighted by Gasteiger charge is -2.48. The average molecular weight is 912 g/mol. The number of amides is 1. The molecule has 17 unspecified atom stereocenters. The fourth-order valence-corrected chi connectivity index (χ4v) is 8.07. The van der Waals surface area contributed by atoms with Gasteiger partial charge in [0.15, 0.2) is 18.9 Å². The van der Waals surface area contributed by atoms with Crippen molar-refractivity contribution in [3.8, 4) is 0 Å². The van der Waals surface area contributed by atoms with Crippen LogP contribution < -0.4 is 5.32 Å². The van der Waals surface area contributed by atoms with E-state index in [0.717, 1.165) is 38.5 Å². The van der Waals surface area contributed by atoms with Crippen molar-refractivity contribution in [1.82, 2.24) is 5.32 Å². The second-order valence-corrected chi connectivity index (χ2v) is 17.2. The van der Waals surface area contributed by atoms with E-state index in [0.29, 0.717) is 6.42 Å². The third-order valence-electron chi connectivity index (χ3n) is 12.1. The molecule has 3 saturated heterocycles. The third-order valence-corrected chi connectivity index (χ3v) is 12.1. The lowest BCUT2D eigenvalue weighted by atomic mass is 9.96. The minimum absolute atomic E-state index is 0.230. The molecule has 3 aliphatic heterocycles. The van der Waals surface area contributed by atoms with Crippen molar-refractivity contribution in [2.45, 2.75) is 234 Å². The highest BCUT2D eigenvalue weighted by molar-refractivity contribution is 5.76. The first-order valence-corrected chi connectivity index (χ1v) is 23.4. The van der Waals surface area contributed by atoms with Crippen LogP contribution in [0.3, 0.4) is 0 Å². The molecule has 3 aliphatic rings. The van der Waals surface area contributed by atoms with E-state index in [1.807, 2.05) is 13.0 Å². The molecule has 1 amide bonds. The second-order valence-electron chi connectivity index (χ2n) is 17.2.